The Morgan fingerprint density at radius 3 is 2.45 bits per heavy atom. The zero-order valence-electron chi connectivity index (χ0n) is 11.8. The second-order valence-electron chi connectivity index (χ2n) is 4.93. The van der Waals surface area contributed by atoms with E-state index in [1.807, 2.05) is 49.4 Å². The SMILES string of the molecule is COc1ccc(CCC(O)c2ccc(C)cc2Br)cc1. The Hall–Kier alpha value is -1.32. The van der Waals surface area contributed by atoms with Gasteiger partial charge in [-0.15, -0.1) is 0 Å². The van der Waals surface area contributed by atoms with E-state index in [0.29, 0.717) is 6.42 Å². The van der Waals surface area contributed by atoms with E-state index in [2.05, 4.69) is 15.9 Å². The van der Waals surface area contributed by atoms with Crippen molar-refractivity contribution < 1.29 is 9.84 Å². The molecule has 20 heavy (non-hydrogen) atoms. The van der Waals surface area contributed by atoms with E-state index in [-0.39, 0.29) is 0 Å². The van der Waals surface area contributed by atoms with Crippen LogP contribution in [0.15, 0.2) is 46.9 Å². The average molecular weight is 335 g/mol. The summed E-state index contributed by atoms with van der Waals surface area (Å²) in [5, 5.41) is 10.3. The molecule has 2 aromatic rings. The molecule has 0 bridgehead atoms. The molecule has 0 aliphatic carbocycles. The van der Waals surface area contributed by atoms with Gasteiger partial charge in [-0.25, -0.2) is 0 Å². The molecule has 106 valence electrons. The van der Waals surface area contributed by atoms with Gasteiger partial charge in [-0.05, 0) is 54.7 Å². The first-order valence-electron chi connectivity index (χ1n) is 6.67. The Morgan fingerprint density at radius 1 is 1.15 bits per heavy atom. The van der Waals surface area contributed by atoms with Crippen molar-refractivity contribution in [1.29, 1.82) is 0 Å². The first-order chi connectivity index (χ1) is 9.60. The van der Waals surface area contributed by atoms with E-state index in [9.17, 15) is 5.11 Å². The molecule has 0 fully saturated rings. The Kier molecular flexibility index (Phi) is 5.21. The van der Waals surface area contributed by atoms with Crippen LogP contribution >= 0.6 is 15.9 Å². The Morgan fingerprint density at radius 2 is 1.85 bits per heavy atom. The highest BCUT2D eigenvalue weighted by Gasteiger charge is 2.11. The number of ether oxygens (including phenoxy) is 1. The number of hydrogen-bond donors (Lipinski definition) is 1. The topological polar surface area (TPSA) is 29.5 Å². The number of benzene rings is 2. The second kappa shape index (κ2) is 6.91. The number of rotatable bonds is 5. The highest BCUT2D eigenvalue weighted by atomic mass is 79.9. The van der Waals surface area contributed by atoms with Gasteiger partial charge >= 0.3 is 0 Å². The third-order valence-corrected chi connectivity index (χ3v) is 4.07. The van der Waals surface area contributed by atoms with Crippen LogP contribution in [-0.2, 0) is 6.42 Å². The minimum Gasteiger partial charge on any atom is -0.497 e. The van der Waals surface area contributed by atoms with Crippen LogP contribution in [0, 0.1) is 6.92 Å². The lowest BCUT2D eigenvalue weighted by Crippen LogP contribution is -2.01. The Labute approximate surface area is 128 Å². The number of aryl methyl sites for hydroxylation is 2. The molecule has 0 saturated carbocycles. The molecule has 0 amide bonds. The second-order valence-corrected chi connectivity index (χ2v) is 5.78. The molecule has 0 aliphatic rings. The van der Waals surface area contributed by atoms with Crippen LogP contribution in [0.4, 0.5) is 0 Å². The van der Waals surface area contributed by atoms with Crippen molar-refractivity contribution >= 4 is 15.9 Å². The van der Waals surface area contributed by atoms with E-state index in [1.165, 1.54) is 11.1 Å². The fourth-order valence-corrected chi connectivity index (χ4v) is 2.91. The lowest BCUT2D eigenvalue weighted by Gasteiger charge is -2.13. The number of aliphatic hydroxyl groups excluding tert-OH is 1. The molecule has 1 atom stereocenters. The number of halogens is 1. The fourth-order valence-electron chi connectivity index (χ4n) is 2.15. The summed E-state index contributed by atoms with van der Waals surface area (Å²) in [7, 11) is 1.66. The van der Waals surface area contributed by atoms with Gasteiger partial charge in [0.25, 0.3) is 0 Å². The monoisotopic (exact) mass is 334 g/mol. The first kappa shape index (κ1) is 15.1. The standard InChI is InChI=1S/C17H19BrO2/c1-12-3-9-15(16(18)11-12)17(19)10-6-13-4-7-14(20-2)8-5-13/h3-5,7-9,11,17,19H,6,10H2,1-2H3. The van der Waals surface area contributed by atoms with Gasteiger partial charge in [0.05, 0.1) is 13.2 Å². The summed E-state index contributed by atoms with van der Waals surface area (Å²) < 4.78 is 6.11. The molecule has 0 spiro atoms. The summed E-state index contributed by atoms with van der Waals surface area (Å²) in [6, 6.07) is 14.0. The van der Waals surface area contributed by atoms with Gasteiger partial charge in [0.1, 0.15) is 5.75 Å². The van der Waals surface area contributed by atoms with Crippen molar-refractivity contribution in [3.8, 4) is 5.75 Å². The van der Waals surface area contributed by atoms with Crippen LogP contribution in [0.25, 0.3) is 0 Å². The zero-order chi connectivity index (χ0) is 14.5. The number of methoxy groups -OCH3 is 1. The van der Waals surface area contributed by atoms with Crippen molar-refractivity contribution in [1.82, 2.24) is 0 Å². The lowest BCUT2D eigenvalue weighted by atomic mass is 10.0. The van der Waals surface area contributed by atoms with Gasteiger partial charge < -0.3 is 9.84 Å². The predicted molar refractivity (Wildman–Crippen MR) is 85.2 cm³/mol. The van der Waals surface area contributed by atoms with Gasteiger partial charge in [-0.2, -0.15) is 0 Å². The normalized spacial score (nSPS) is 12.2. The average Bonchev–Trinajstić information content (AvgIpc) is 2.45. The maximum absolute atomic E-state index is 10.3. The largest absolute Gasteiger partial charge is 0.497 e. The first-order valence-corrected chi connectivity index (χ1v) is 7.46. The third-order valence-electron chi connectivity index (χ3n) is 3.38. The molecule has 0 radical (unpaired) electrons. The molecular weight excluding hydrogens is 316 g/mol. The molecule has 2 aromatic carbocycles. The number of aliphatic hydroxyl groups is 1. The van der Waals surface area contributed by atoms with Gasteiger partial charge in [-0.1, -0.05) is 40.2 Å². The van der Waals surface area contributed by atoms with Crippen molar-refractivity contribution in [3.63, 3.8) is 0 Å². The van der Waals surface area contributed by atoms with Gasteiger partial charge in [-0.3, -0.25) is 0 Å². The van der Waals surface area contributed by atoms with Crippen LogP contribution in [0.5, 0.6) is 5.75 Å². The van der Waals surface area contributed by atoms with E-state index in [0.717, 1.165) is 22.2 Å². The van der Waals surface area contributed by atoms with Gasteiger partial charge in [0.15, 0.2) is 0 Å². The molecular formula is C17H19BrO2. The predicted octanol–water partition coefficient (Wildman–Crippen LogP) is 4.43. The quantitative estimate of drug-likeness (QED) is 0.876. The smallest absolute Gasteiger partial charge is 0.118 e. The maximum atomic E-state index is 10.3. The zero-order valence-corrected chi connectivity index (χ0v) is 13.4. The molecule has 0 aromatic heterocycles. The van der Waals surface area contributed by atoms with Gasteiger partial charge in [0.2, 0.25) is 0 Å². The molecule has 0 heterocycles. The van der Waals surface area contributed by atoms with Crippen LogP contribution in [0.3, 0.4) is 0 Å². The minimum absolute atomic E-state index is 0.452. The van der Waals surface area contributed by atoms with Crippen LogP contribution in [0.2, 0.25) is 0 Å². The molecule has 0 saturated heterocycles. The van der Waals surface area contributed by atoms with Crippen molar-refractivity contribution in [2.45, 2.75) is 25.9 Å². The number of hydrogen-bond acceptors (Lipinski definition) is 2. The molecule has 1 N–H and O–H groups in total. The van der Waals surface area contributed by atoms with Crippen LogP contribution in [-0.4, -0.2) is 12.2 Å². The summed E-state index contributed by atoms with van der Waals surface area (Å²) >= 11 is 3.52. The van der Waals surface area contributed by atoms with Crippen molar-refractivity contribution in [2.24, 2.45) is 0 Å². The highest BCUT2D eigenvalue weighted by molar-refractivity contribution is 9.10. The lowest BCUT2D eigenvalue weighted by molar-refractivity contribution is 0.167. The van der Waals surface area contributed by atoms with Crippen molar-refractivity contribution in [2.75, 3.05) is 7.11 Å². The fraction of sp³-hybridized carbons (Fsp3) is 0.294. The van der Waals surface area contributed by atoms with Crippen molar-refractivity contribution in [3.05, 3.63) is 63.6 Å². The Balaban J connectivity index is 1.98. The van der Waals surface area contributed by atoms with Crippen LogP contribution < -0.4 is 4.74 Å². The molecule has 2 nitrogen and oxygen atoms in total. The minimum atomic E-state index is -0.452. The molecule has 2 rings (SSSR count). The van der Waals surface area contributed by atoms with E-state index in [4.69, 9.17) is 4.74 Å². The van der Waals surface area contributed by atoms with E-state index in [1.54, 1.807) is 7.11 Å². The highest BCUT2D eigenvalue weighted by Crippen LogP contribution is 2.27. The molecule has 1 unspecified atom stereocenters. The summed E-state index contributed by atoms with van der Waals surface area (Å²) in [6.45, 7) is 2.04. The van der Waals surface area contributed by atoms with E-state index < -0.39 is 6.10 Å². The maximum Gasteiger partial charge on any atom is 0.118 e. The third kappa shape index (κ3) is 3.84. The van der Waals surface area contributed by atoms with Gasteiger partial charge in [0, 0.05) is 4.47 Å². The van der Waals surface area contributed by atoms with Crippen LogP contribution in [0.1, 0.15) is 29.2 Å². The summed E-state index contributed by atoms with van der Waals surface area (Å²) in [5.41, 5.74) is 3.33. The van der Waals surface area contributed by atoms with E-state index >= 15 is 0 Å². The summed E-state index contributed by atoms with van der Waals surface area (Å²) in [5.74, 6) is 0.857. The molecule has 0 aliphatic heterocycles. The molecule has 3 heteroatoms. The summed E-state index contributed by atoms with van der Waals surface area (Å²) in [6.07, 6.45) is 1.09. The summed E-state index contributed by atoms with van der Waals surface area (Å²) in [4.78, 5) is 0. The Bertz CT molecular complexity index is 564.